The molecule has 164 valence electrons. The molecule has 0 aliphatic heterocycles. The lowest BCUT2D eigenvalue weighted by Gasteiger charge is -2.32. The Hall–Kier alpha value is -2.81. The number of aromatic amines is 1. The van der Waals surface area contributed by atoms with E-state index in [1.807, 2.05) is 23.6 Å². The van der Waals surface area contributed by atoms with Crippen LogP contribution in [0.2, 0.25) is 5.02 Å². The molecule has 3 heterocycles. The van der Waals surface area contributed by atoms with Gasteiger partial charge in [0.15, 0.2) is 0 Å². The van der Waals surface area contributed by atoms with Crippen LogP contribution in [0.4, 0.5) is 18.9 Å². The lowest BCUT2D eigenvalue weighted by Crippen LogP contribution is -2.45. The third kappa shape index (κ3) is 5.10. The molecule has 1 aliphatic rings. The van der Waals surface area contributed by atoms with Gasteiger partial charge in [-0.3, -0.25) is 9.78 Å². The Morgan fingerprint density at radius 2 is 2.00 bits per heavy atom. The average Bonchev–Trinajstić information content (AvgIpc) is 3.15. The van der Waals surface area contributed by atoms with Crippen LogP contribution in [0.1, 0.15) is 25.7 Å². The first kappa shape index (κ1) is 21.4. The molecule has 0 aromatic carbocycles. The first-order valence-corrected chi connectivity index (χ1v) is 10.4. The number of hydrogen-bond acceptors (Lipinski definition) is 4. The Morgan fingerprint density at radius 1 is 1.19 bits per heavy atom. The van der Waals surface area contributed by atoms with Gasteiger partial charge in [-0.1, -0.05) is 24.4 Å². The second-order valence-electron chi connectivity index (χ2n) is 7.69. The molecule has 10 heteroatoms. The zero-order valence-corrected chi connectivity index (χ0v) is 17.2. The Balaban J connectivity index is 1.53. The van der Waals surface area contributed by atoms with Crippen LogP contribution in [-0.4, -0.2) is 39.6 Å². The van der Waals surface area contributed by atoms with E-state index in [1.165, 1.54) is 0 Å². The Bertz CT molecular complexity index is 1080. The number of nitrogens with one attached hydrogen (secondary N) is 3. The number of hydrogen-bond donors (Lipinski definition) is 3. The minimum Gasteiger partial charge on any atom is -0.380 e. The van der Waals surface area contributed by atoms with Gasteiger partial charge in [-0.2, -0.15) is 13.2 Å². The first-order valence-electron chi connectivity index (χ1n) is 9.99. The number of fused-ring (bicyclic) bond motifs is 1. The van der Waals surface area contributed by atoms with Crippen molar-refractivity contribution in [2.45, 2.75) is 37.9 Å². The van der Waals surface area contributed by atoms with Crippen molar-refractivity contribution in [3.8, 4) is 11.1 Å². The largest absolute Gasteiger partial charge is 0.405 e. The maximum atomic E-state index is 12.5. The Labute approximate surface area is 181 Å². The molecular formula is C21H21ClF3N5O. The van der Waals surface area contributed by atoms with Crippen LogP contribution in [0.3, 0.4) is 0 Å². The molecule has 0 saturated heterocycles. The van der Waals surface area contributed by atoms with Crippen molar-refractivity contribution in [2.24, 2.45) is 5.92 Å². The van der Waals surface area contributed by atoms with E-state index in [2.05, 4.69) is 20.3 Å². The maximum Gasteiger partial charge on any atom is 0.405 e. The lowest BCUT2D eigenvalue weighted by molar-refractivity contribution is -0.141. The number of H-pyrrole nitrogens is 1. The highest BCUT2D eigenvalue weighted by atomic mass is 35.5. The van der Waals surface area contributed by atoms with Crippen molar-refractivity contribution >= 4 is 34.2 Å². The minimum absolute atomic E-state index is 0.266. The summed E-state index contributed by atoms with van der Waals surface area (Å²) in [7, 11) is 0. The molecule has 6 nitrogen and oxygen atoms in total. The summed E-state index contributed by atoms with van der Waals surface area (Å²) < 4.78 is 37.5. The van der Waals surface area contributed by atoms with E-state index in [4.69, 9.17) is 11.6 Å². The average molecular weight is 452 g/mol. The molecule has 3 N–H and O–H groups in total. The SMILES string of the molecule is O=C(NCC(F)(F)F)[C@H]1CCCC[C@H]1Nc1cncc(-c2c[nH]c3ncc(Cl)cc23)c1. The number of pyridine rings is 2. The van der Waals surface area contributed by atoms with E-state index in [9.17, 15) is 18.0 Å². The summed E-state index contributed by atoms with van der Waals surface area (Å²) in [6.45, 7) is -1.32. The van der Waals surface area contributed by atoms with Crippen LogP contribution in [0.15, 0.2) is 36.9 Å². The van der Waals surface area contributed by atoms with E-state index < -0.39 is 24.5 Å². The quantitative estimate of drug-likeness (QED) is 0.513. The second-order valence-corrected chi connectivity index (χ2v) is 8.13. The van der Waals surface area contributed by atoms with E-state index in [0.29, 0.717) is 29.2 Å². The third-order valence-electron chi connectivity index (χ3n) is 5.46. The molecule has 2 atom stereocenters. The normalized spacial score (nSPS) is 19.4. The van der Waals surface area contributed by atoms with Crippen molar-refractivity contribution in [1.82, 2.24) is 20.3 Å². The first-order chi connectivity index (χ1) is 14.8. The van der Waals surface area contributed by atoms with Crippen LogP contribution < -0.4 is 10.6 Å². The summed E-state index contributed by atoms with van der Waals surface area (Å²) in [6.07, 6.45) is 5.26. The van der Waals surface area contributed by atoms with E-state index in [-0.39, 0.29) is 6.04 Å². The fourth-order valence-electron chi connectivity index (χ4n) is 4.03. The number of amides is 1. The number of carbonyl (C=O) groups excluding carboxylic acids is 1. The van der Waals surface area contributed by atoms with Gasteiger partial charge >= 0.3 is 6.18 Å². The molecule has 1 fully saturated rings. The van der Waals surface area contributed by atoms with Crippen LogP contribution in [-0.2, 0) is 4.79 Å². The van der Waals surface area contributed by atoms with Crippen molar-refractivity contribution in [1.29, 1.82) is 0 Å². The number of anilines is 1. The number of alkyl halides is 3. The van der Waals surface area contributed by atoms with Crippen LogP contribution in [0.5, 0.6) is 0 Å². The molecule has 3 aromatic heterocycles. The highest BCUT2D eigenvalue weighted by molar-refractivity contribution is 6.31. The number of rotatable bonds is 5. The van der Waals surface area contributed by atoms with Gasteiger partial charge in [0.1, 0.15) is 12.2 Å². The highest BCUT2D eigenvalue weighted by Crippen LogP contribution is 2.32. The van der Waals surface area contributed by atoms with Crippen molar-refractivity contribution < 1.29 is 18.0 Å². The van der Waals surface area contributed by atoms with Gasteiger partial charge < -0.3 is 15.6 Å². The zero-order chi connectivity index (χ0) is 22.0. The molecule has 1 saturated carbocycles. The number of halogens is 4. The van der Waals surface area contributed by atoms with Crippen LogP contribution in [0.25, 0.3) is 22.2 Å². The predicted molar refractivity (Wildman–Crippen MR) is 113 cm³/mol. The topological polar surface area (TPSA) is 82.7 Å². The van der Waals surface area contributed by atoms with Crippen molar-refractivity contribution in [3.05, 3.63) is 41.9 Å². The molecule has 0 bridgehead atoms. The summed E-state index contributed by atoms with van der Waals surface area (Å²) in [4.78, 5) is 24.0. The van der Waals surface area contributed by atoms with Crippen LogP contribution >= 0.6 is 11.6 Å². The van der Waals surface area contributed by atoms with Gasteiger partial charge in [-0.05, 0) is 25.0 Å². The predicted octanol–water partition coefficient (Wildman–Crippen LogP) is 4.93. The zero-order valence-electron chi connectivity index (χ0n) is 16.5. The molecule has 1 aliphatic carbocycles. The lowest BCUT2D eigenvalue weighted by atomic mass is 9.83. The Kier molecular flexibility index (Phi) is 6.04. The van der Waals surface area contributed by atoms with E-state index >= 15 is 0 Å². The summed E-state index contributed by atoms with van der Waals surface area (Å²) in [5.74, 6) is -1.10. The van der Waals surface area contributed by atoms with Gasteiger partial charge in [0.25, 0.3) is 0 Å². The van der Waals surface area contributed by atoms with Gasteiger partial charge in [0.2, 0.25) is 5.91 Å². The Morgan fingerprint density at radius 3 is 2.81 bits per heavy atom. The minimum atomic E-state index is -4.43. The number of aromatic nitrogens is 3. The standard InChI is InChI=1S/C21H21ClF3N5O/c22-13-6-16-17(10-28-19(16)27-8-13)12-5-14(9-26-7-12)30-18-4-2-1-3-15(18)20(31)29-11-21(23,24)25/h5-10,15,18,30H,1-4,11H2,(H,27,28)(H,29,31)/t15-,18+/m0/s1. The molecule has 31 heavy (non-hydrogen) atoms. The van der Waals surface area contributed by atoms with Gasteiger partial charge in [-0.25, -0.2) is 4.98 Å². The molecule has 1 amide bonds. The third-order valence-corrected chi connectivity index (χ3v) is 5.67. The fourth-order valence-corrected chi connectivity index (χ4v) is 4.19. The van der Waals surface area contributed by atoms with Crippen molar-refractivity contribution in [3.63, 3.8) is 0 Å². The van der Waals surface area contributed by atoms with Crippen LogP contribution in [0, 0.1) is 5.92 Å². The van der Waals surface area contributed by atoms with Gasteiger partial charge in [0, 0.05) is 47.3 Å². The van der Waals surface area contributed by atoms with Gasteiger partial charge in [0.05, 0.1) is 16.6 Å². The molecular weight excluding hydrogens is 431 g/mol. The van der Waals surface area contributed by atoms with Gasteiger partial charge in [-0.15, -0.1) is 0 Å². The molecule has 0 unspecified atom stereocenters. The molecule has 0 spiro atoms. The van der Waals surface area contributed by atoms with E-state index in [1.54, 1.807) is 18.6 Å². The highest BCUT2D eigenvalue weighted by Gasteiger charge is 2.34. The molecule has 0 radical (unpaired) electrons. The van der Waals surface area contributed by atoms with Crippen molar-refractivity contribution in [2.75, 3.05) is 11.9 Å². The number of nitrogens with zero attached hydrogens (tertiary/aromatic N) is 2. The monoisotopic (exact) mass is 451 g/mol. The summed E-state index contributed by atoms with van der Waals surface area (Å²) in [5, 5.41) is 6.71. The second kappa shape index (κ2) is 8.74. The summed E-state index contributed by atoms with van der Waals surface area (Å²) in [6, 6.07) is 3.45. The molecule has 4 rings (SSSR count). The molecule has 3 aromatic rings. The summed E-state index contributed by atoms with van der Waals surface area (Å²) in [5.41, 5.74) is 3.10. The summed E-state index contributed by atoms with van der Waals surface area (Å²) >= 11 is 6.08. The number of carbonyl (C=O) groups is 1. The maximum absolute atomic E-state index is 12.5. The fraction of sp³-hybridized carbons (Fsp3) is 0.381. The van der Waals surface area contributed by atoms with E-state index in [0.717, 1.165) is 29.4 Å². The smallest absolute Gasteiger partial charge is 0.380 e.